The second-order valence-corrected chi connectivity index (χ2v) is 5.14. The van der Waals surface area contributed by atoms with Crippen LogP contribution in [0.15, 0.2) is 0 Å². The lowest BCUT2D eigenvalue weighted by atomic mass is 10.1. The van der Waals surface area contributed by atoms with E-state index in [0.29, 0.717) is 0 Å². The molecular formula is C13H29N2+. The maximum Gasteiger partial charge on any atom is 0.0815 e. The van der Waals surface area contributed by atoms with Gasteiger partial charge in [-0.3, -0.25) is 0 Å². The molecule has 1 aliphatic rings. The predicted molar refractivity (Wildman–Crippen MR) is 66.9 cm³/mol. The van der Waals surface area contributed by atoms with Crippen molar-refractivity contribution in [3.63, 3.8) is 0 Å². The Balaban J connectivity index is 2.45. The molecule has 1 fully saturated rings. The van der Waals surface area contributed by atoms with Crippen LogP contribution < -0.4 is 5.32 Å². The minimum atomic E-state index is 0.794. The van der Waals surface area contributed by atoms with Crippen LogP contribution in [-0.4, -0.2) is 43.8 Å². The van der Waals surface area contributed by atoms with E-state index in [1.807, 2.05) is 0 Å². The van der Waals surface area contributed by atoms with Gasteiger partial charge in [0.25, 0.3) is 0 Å². The third kappa shape index (κ3) is 3.18. The van der Waals surface area contributed by atoms with Gasteiger partial charge in [0.1, 0.15) is 0 Å². The van der Waals surface area contributed by atoms with Crippen molar-refractivity contribution >= 4 is 0 Å². The molecule has 0 saturated heterocycles. The lowest BCUT2D eigenvalue weighted by Gasteiger charge is -2.38. The van der Waals surface area contributed by atoms with Gasteiger partial charge < -0.3 is 9.80 Å². The Morgan fingerprint density at radius 2 is 1.67 bits per heavy atom. The van der Waals surface area contributed by atoms with Gasteiger partial charge in [0.15, 0.2) is 0 Å². The molecular weight excluding hydrogens is 184 g/mol. The number of rotatable bonds is 6. The second kappa shape index (κ2) is 5.86. The van der Waals surface area contributed by atoms with Gasteiger partial charge in [-0.1, -0.05) is 0 Å². The Hall–Kier alpha value is -0.0800. The summed E-state index contributed by atoms with van der Waals surface area (Å²) in [5.41, 5.74) is 0. The average molecular weight is 213 g/mol. The molecule has 1 N–H and O–H groups in total. The highest BCUT2D eigenvalue weighted by molar-refractivity contribution is 4.79. The summed E-state index contributed by atoms with van der Waals surface area (Å²) in [5, 5.41) is 3.43. The molecule has 1 aliphatic carbocycles. The monoisotopic (exact) mass is 213 g/mol. The summed E-state index contributed by atoms with van der Waals surface area (Å²) >= 11 is 0. The van der Waals surface area contributed by atoms with Gasteiger partial charge >= 0.3 is 0 Å². The molecule has 0 amide bonds. The van der Waals surface area contributed by atoms with Crippen LogP contribution in [-0.2, 0) is 0 Å². The first kappa shape index (κ1) is 13.0. The zero-order valence-electron chi connectivity index (χ0n) is 11.1. The molecule has 0 spiro atoms. The van der Waals surface area contributed by atoms with Crippen molar-refractivity contribution in [2.24, 2.45) is 5.92 Å². The quantitative estimate of drug-likeness (QED) is 0.667. The molecule has 15 heavy (non-hydrogen) atoms. The average Bonchev–Trinajstić information content (AvgIpc) is 2.73. The summed E-state index contributed by atoms with van der Waals surface area (Å²) in [7, 11) is 2.11. The van der Waals surface area contributed by atoms with Crippen LogP contribution in [0.25, 0.3) is 0 Å². The third-order valence-electron chi connectivity index (χ3n) is 4.61. The first-order valence-electron chi connectivity index (χ1n) is 6.72. The molecule has 2 unspecified atom stereocenters. The van der Waals surface area contributed by atoms with E-state index in [1.165, 1.54) is 49.9 Å². The summed E-state index contributed by atoms with van der Waals surface area (Å²) in [6.45, 7) is 12.3. The van der Waals surface area contributed by atoms with Crippen LogP contribution in [0.4, 0.5) is 0 Å². The number of quaternary nitrogens is 1. The number of nitrogens with zero attached hydrogens (tertiary/aromatic N) is 1. The van der Waals surface area contributed by atoms with E-state index in [4.69, 9.17) is 0 Å². The number of nitrogens with one attached hydrogen (secondary N) is 1. The van der Waals surface area contributed by atoms with Crippen molar-refractivity contribution in [2.45, 2.75) is 46.1 Å². The van der Waals surface area contributed by atoms with E-state index in [0.717, 1.165) is 12.0 Å². The minimum absolute atomic E-state index is 0.794. The standard InChI is InChI=1S/C13H29N2/c1-5-15(6-2,7-3)11-12-8-9-13(10-12)14-4/h12-14H,5-11H2,1-4H3/q+1. The summed E-state index contributed by atoms with van der Waals surface area (Å²) in [6, 6.07) is 0.794. The van der Waals surface area contributed by atoms with Gasteiger partial charge in [0.05, 0.1) is 26.2 Å². The van der Waals surface area contributed by atoms with Crippen molar-refractivity contribution in [3.05, 3.63) is 0 Å². The molecule has 0 aliphatic heterocycles. The molecule has 2 atom stereocenters. The highest BCUT2D eigenvalue weighted by Gasteiger charge is 2.31. The van der Waals surface area contributed by atoms with E-state index in [9.17, 15) is 0 Å². The molecule has 0 bridgehead atoms. The summed E-state index contributed by atoms with van der Waals surface area (Å²) in [5.74, 6) is 0.960. The largest absolute Gasteiger partial charge is 0.324 e. The van der Waals surface area contributed by atoms with Gasteiger partial charge in [-0.15, -0.1) is 0 Å². The number of hydrogen-bond donors (Lipinski definition) is 1. The van der Waals surface area contributed by atoms with Crippen LogP contribution in [0, 0.1) is 5.92 Å². The van der Waals surface area contributed by atoms with E-state index in [2.05, 4.69) is 33.1 Å². The van der Waals surface area contributed by atoms with E-state index >= 15 is 0 Å². The summed E-state index contributed by atoms with van der Waals surface area (Å²) < 4.78 is 1.32. The SMILES string of the molecule is CC[N+](CC)(CC)CC1CCC(NC)C1. The van der Waals surface area contributed by atoms with Crippen molar-refractivity contribution in [3.8, 4) is 0 Å². The van der Waals surface area contributed by atoms with Gasteiger partial charge in [-0.25, -0.2) is 0 Å². The van der Waals surface area contributed by atoms with Crippen LogP contribution >= 0.6 is 0 Å². The van der Waals surface area contributed by atoms with Crippen molar-refractivity contribution in [1.82, 2.24) is 5.32 Å². The maximum atomic E-state index is 3.43. The van der Waals surface area contributed by atoms with Gasteiger partial charge in [-0.2, -0.15) is 0 Å². The van der Waals surface area contributed by atoms with Crippen LogP contribution in [0.1, 0.15) is 40.0 Å². The Morgan fingerprint density at radius 3 is 2.07 bits per heavy atom. The summed E-state index contributed by atoms with van der Waals surface area (Å²) in [4.78, 5) is 0. The Labute approximate surface area is 95.6 Å². The zero-order valence-corrected chi connectivity index (χ0v) is 11.1. The van der Waals surface area contributed by atoms with Crippen LogP contribution in [0.3, 0.4) is 0 Å². The molecule has 90 valence electrons. The number of hydrogen-bond acceptors (Lipinski definition) is 1. The molecule has 2 heteroatoms. The smallest absolute Gasteiger partial charge is 0.0815 e. The van der Waals surface area contributed by atoms with Crippen LogP contribution in [0.5, 0.6) is 0 Å². The topological polar surface area (TPSA) is 12.0 Å². The first-order chi connectivity index (χ1) is 7.19. The summed E-state index contributed by atoms with van der Waals surface area (Å²) in [6.07, 6.45) is 4.22. The third-order valence-corrected chi connectivity index (χ3v) is 4.61. The lowest BCUT2D eigenvalue weighted by Crippen LogP contribution is -2.50. The van der Waals surface area contributed by atoms with Gasteiger partial charge in [-0.05, 0) is 47.1 Å². The Morgan fingerprint density at radius 1 is 1.07 bits per heavy atom. The van der Waals surface area contributed by atoms with Crippen molar-refractivity contribution in [2.75, 3.05) is 33.2 Å². The van der Waals surface area contributed by atoms with Crippen molar-refractivity contribution < 1.29 is 4.48 Å². The minimum Gasteiger partial charge on any atom is -0.324 e. The van der Waals surface area contributed by atoms with Crippen LogP contribution in [0.2, 0.25) is 0 Å². The first-order valence-corrected chi connectivity index (χ1v) is 6.72. The highest BCUT2D eigenvalue weighted by Crippen LogP contribution is 2.28. The second-order valence-electron chi connectivity index (χ2n) is 5.14. The van der Waals surface area contributed by atoms with Crippen molar-refractivity contribution in [1.29, 1.82) is 0 Å². The molecule has 0 aromatic heterocycles. The van der Waals surface area contributed by atoms with Gasteiger partial charge in [0, 0.05) is 12.0 Å². The molecule has 0 aromatic carbocycles. The maximum absolute atomic E-state index is 3.43. The molecule has 1 rings (SSSR count). The van der Waals surface area contributed by atoms with E-state index < -0.39 is 0 Å². The van der Waals surface area contributed by atoms with Gasteiger partial charge in [0.2, 0.25) is 0 Å². The molecule has 0 radical (unpaired) electrons. The molecule has 1 saturated carbocycles. The zero-order chi connectivity index (χ0) is 11.3. The van der Waals surface area contributed by atoms with E-state index in [1.54, 1.807) is 0 Å². The lowest BCUT2D eigenvalue weighted by molar-refractivity contribution is -0.926. The fraction of sp³-hybridized carbons (Fsp3) is 1.00. The fourth-order valence-corrected chi connectivity index (χ4v) is 3.11. The molecule has 0 aromatic rings. The van der Waals surface area contributed by atoms with E-state index in [-0.39, 0.29) is 0 Å². The normalized spacial score (nSPS) is 27.2. The predicted octanol–water partition coefficient (Wildman–Crippen LogP) is 2.25. The Bertz CT molecular complexity index is 167. The molecule has 2 nitrogen and oxygen atoms in total. The Kier molecular flexibility index (Phi) is 5.07. The molecule has 0 heterocycles. The highest BCUT2D eigenvalue weighted by atomic mass is 15.3. The fourth-order valence-electron chi connectivity index (χ4n) is 3.11.